The molecule has 19 heavy (non-hydrogen) atoms. The van der Waals surface area contributed by atoms with Gasteiger partial charge in [-0.15, -0.1) is 0 Å². The average Bonchev–Trinajstić information content (AvgIpc) is 2.43. The number of rotatable bonds is 6. The van der Waals surface area contributed by atoms with E-state index in [9.17, 15) is 4.39 Å². The number of benzene rings is 1. The van der Waals surface area contributed by atoms with Crippen LogP contribution in [0.1, 0.15) is 24.5 Å². The van der Waals surface area contributed by atoms with Gasteiger partial charge < -0.3 is 10.8 Å². The first-order valence-electron chi connectivity index (χ1n) is 6.51. The Morgan fingerprint density at radius 2 is 2.21 bits per heavy atom. The molecule has 0 unspecified atom stereocenters. The maximum atomic E-state index is 13.9. The van der Waals surface area contributed by atoms with Crippen molar-refractivity contribution in [2.75, 3.05) is 26.2 Å². The lowest BCUT2D eigenvalue weighted by atomic mass is 10.1. The van der Waals surface area contributed by atoms with Crippen LogP contribution in [-0.2, 0) is 6.54 Å². The topological polar surface area (TPSA) is 49.5 Å². The molecule has 1 rings (SSSR count). The van der Waals surface area contributed by atoms with Gasteiger partial charge in [0, 0.05) is 30.8 Å². The molecule has 0 atom stereocenters. The fourth-order valence-corrected chi connectivity index (χ4v) is 1.79. The second-order valence-electron chi connectivity index (χ2n) is 4.26. The van der Waals surface area contributed by atoms with E-state index in [-0.39, 0.29) is 19.0 Å². The summed E-state index contributed by atoms with van der Waals surface area (Å²) < 4.78 is 13.9. The highest BCUT2D eigenvalue weighted by atomic mass is 19.1. The first kappa shape index (κ1) is 15.6. The highest BCUT2D eigenvalue weighted by Crippen LogP contribution is 2.12. The number of nitrogens with zero attached hydrogens (tertiary/aromatic N) is 1. The molecule has 104 valence electrons. The molecule has 0 spiro atoms. The summed E-state index contributed by atoms with van der Waals surface area (Å²) in [5.74, 6) is 5.27. The lowest BCUT2D eigenvalue weighted by molar-refractivity contribution is 0.224. The van der Waals surface area contributed by atoms with Gasteiger partial charge in [-0.05, 0) is 25.1 Å². The molecule has 0 saturated heterocycles. The molecule has 0 amide bonds. The maximum Gasteiger partial charge on any atom is 0.128 e. The van der Waals surface area contributed by atoms with Crippen molar-refractivity contribution >= 4 is 0 Å². The Bertz CT molecular complexity index is 451. The summed E-state index contributed by atoms with van der Waals surface area (Å²) in [6, 6.07) is 5.01. The molecule has 0 heterocycles. The van der Waals surface area contributed by atoms with E-state index in [1.165, 1.54) is 6.07 Å². The van der Waals surface area contributed by atoms with E-state index in [1.54, 1.807) is 12.1 Å². The summed E-state index contributed by atoms with van der Waals surface area (Å²) in [5, 5.41) is 8.82. The van der Waals surface area contributed by atoms with Crippen LogP contribution in [0, 0.1) is 17.7 Å². The zero-order valence-corrected chi connectivity index (χ0v) is 11.3. The molecule has 0 aliphatic heterocycles. The minimum absolute atomic E-state index is 0.159. The van der Waals surface area contributed by atoms with Crippen LogP contribution in [0.3, 0.4) is 0 Å². The van der Waals surface area contributed by atoms with E-state index in [0.29, 0.717) is 24.1 Å². The van der Waals surface area contributed by atoms with Gasteiger partial charge in [0.05, 0.1) is 6.54 Å². The fourth-order valence-electron chi connectivity index (χ4n) is 1.79. The third-order valence-electron chi connectivity index (χ3n) is 2.86. The van der Waals surface area contributed by atoms with Crippen LogP contribution in [0.5, 0.6) is 0 Å². The second kappa shape index (κ2) is 8.65. The predicted molar refractivity (Wildman–Crippen MR) is 75.0 cm³/mol. The predicted octanol–water partition coefficient (Wildman–Crippen LogP) is 1.34. The van der Waals surface area contributed by atoms with E-state index in [2.05, 4.69) is 16.7 Å². The number of nitrogens with two attached hydrogens (primary N) is 1. The molecular formula is C15H21FN2O. The molecule has 3 N–H and O–H groups in total. The summed E-state index contributed by atoms with van der Waals surface area (Å²) in [6.45, 7) is 4.60. The van der Waals surface area contributed by atoms with Crippen molar-refractivity contribution < 1.29 is 9.50 Å². The average molecular weight is 264 g/mol. The normalized spacial score (nSPS) is 10.4. The number of aliphatic hydroxyl groups excluding tert-OH is 1. The van der Waals surface area contributed by atoms with E-state index in [4.69, 9.17) is 10.8 Å². The molecule has 0 fully saturated rings. The zero-order valence-electron chi connectivity index (χ0n) is 11.3. The Hall–Kier alpha value is -1.41. The van der Waals surface area contributed by atoms with E-state index < -0.39 is 0 Å². The standard InChI is InChI=1S/C15H21FN2O/c1-2-18(9-4-10-19)12-14-7-6-13(5-3-8-17)11-15(14)16/h6-7,11,19H,2,4,8-10,12,17H2,1H3. The second-order valence-corrected chi connectivity index (χ2v) is 4.26. The van der Waals surface area contributed by atoms with Crippen LogP contribution >= 0.6 is 0 Å². The van der Waals surface area contributed by atoms with Crippen molar-refractivity contribution in [1.29, 1.82) is 0 Å². The molecule has 0 bridgehead atoms. The van der Waals surface area contributed by atoms with Gasteiger partial charge in [0.2, 0.25) is 0 Å². The highest BCUT2D eigenvalue weighted by Gasteiger charge is 2.08. The summed E-state index contributed by atoms with van der Waals surface area (Å²) in [6.07, 6.45) is 0.704. The molecule has 0 aromatic heterocycles. The van der Waals surface area contributed by atoms with Crippen LogP contribution in [0.2, 0.25) is 0 Å². The van der Waals surface area contributed by atoms with E-state index >= 15 is 0 Å². The van der Waals surface area contributed by atoms with Crippen molar-refractivity contribution in [2.24, 2.45) is 5.73 Å². The van der Waals surface area contributed by atoms with Crippen LogP contribution < -0.4 is 5.73 Å². The Balaban J connectivity index is 2.73. The van der Waals surface area contributed by atoms with Crippen molar-refractivity contribution in [3.63, 3.8) is 0 Å². The molecule has 0 radical (unpaired) electrons. The summed E-state index contributed by atoms with van der Waals surface area (Å²) in [7, 11) is 0. The van der Waals surface area contributed by atoms with Gasteiger partial charge in [-0.25, -0.2) is 4.39 Å². The third kappa shape index (κ3) is 5.39. The Morgan fingerprint density at radius 1 is 1.42 bits per heavy atom. The third-order valence-corrected chi connectivity index (χ3v) is 2.86. The molecule has 0 aliphatic rings. The van der Waals surface area contributed by atoms with Crippen molar-refractivity contribution in [1.82, 2.24) is 4.90 Å². The SMILES string of the molecule is CCN(CCCO)Cc1ccc(C#CCN)cc1F. The maximum absolute atomic E-state index is 13.9. The van der Waals surface area contributed by atoms with Gasteiger partial charge in [0.15, 0.2) is 0 Å². The number of hydrogen-bond acceptors (Lipinski definition) is 3. The van der Waals surface area contributed by atoms with Gasteiger partial charge >= 0.3 is 0 Å². The van der Waals surface area contributed by atoms with Crippen LogP contribution in [0.4, 0.5) is 4.39 Å². The van der Waals surface area contributed by atoms with Gasteiger partial charge in [0.25, 0.3) is 0 Å². The number of hydrogen-bond donors (Lipinski definition) is 2. The van der Waals surface area contributed by atoms with Gasteiger partial charge in [-0.3, -0.25) is 4.90 Å². The summed E-state index contributed by atoms with van der Waals surface area (Å²) in [4.78, 5) is 2.10. The lowest BCUT2D eigenvalue weighted by Gasteiger charge is -2.20. The van der Waals surface area contributed by atoms with Gasteiger partial charge in [-0.1, -0.05) is 24.8 Å². The summed E-state index contributed by atoms with van der Waals surface area (Å²) >= 11 is 0. The fraction of sp³-hybridized carbons (Fsp3) is 0.467. The molecule has 0 saturated carbocycles. The quantitative estimate of drug-likeness (QED) is 0.762. The van der Waals surface area contributed by atoms with Gasteiger partial charge in [-0.2, -0.15) is 0 Å². The Kier molecular flexibility index (Phi) is 7.12. The van der Waals surface area contributed by atoms with Crippen molar-refractivity contribution in [3.8, 4) is 11.8 Å². The van der Waals surface area contributed by atoms with Crippen LogP contribution in [-0.4, -0.2) is 36.2 Å². The molecule has 1 aromatic rings. The minimum atomic E-state index is -0.244. The minimum Gasteiger partial charge on any atom is -0.396 e. The monoisotopic (exact) mass is 264 g/mol. The van der Waals surface area contributed by atoms with Crippen LogP contribution in [0.25, 0.3) is 0 Å². The van der Waals surface area contributed by atoms with Crippen molar-refractivity contribution in [2.45, 2.75) is 19.9 Å². The largest absolute Gasteiger partial charge is 0.396 e. The smallest absolute Gasteiger partial charge is 0.128 e. The van der Waals surface area contributed by atoms with Crippen LogP contribution in [0.15, 0.2) is 18.2 Å². The number of aliphatic hydroxyl groups is 1. The van der Waals surface area contributed by atoms with Crippen molar-refractivity contribution in [3.05, 3.63) is 35.1 Å². The molecule has 1 aromatic carbocycles. The van der Waals surface area contributed by atoms with Gasteiger partial charge in [0.1, 0.15) is 5.82 Å². The first-order valence-corrected chi connectivity index (χ1v) is 6.51. The number of halogens is 1. The molecule has 0 aliphatic carbocycles. The Labute approximate surface area is 114 Å². The molecular weight excluding hydrogens is 243 g/mol. The van der Waals surface area contributed by atoms with E-state index in [1.807, 2.05) is 6.92 Å². The molecule has 4 heteroatoms. The van der Waals surface area contributed by atoms with E-state index in [0.717, 1.165) is 13.1 Å². The molecule has 3 nitrogen and oxygen atoms in total. The zero-order chi connectivity index (χ0) is 14.1. The lowest BCUT2D eigenvalue weighted by Crippen LogP contribution is -2.25. The first-order chi connectivity index (χ1) is 9.21. The summed E-state index contributed by atoms with van der Waals surface area (Å²) in [5.41, 5.74) is 6.57. The highest BCUT2D eigenvalue weighted by molar-refractivity contribution is 5.37. The Morgan fingerprint density at radius 3 is 2.79 bits per heavy atom.